The van der Waals surface area contributed by atoms with E-state index in [0.717, 1.165) is 49.2 Å². The lowest BCUT2D eigenvalue weighted by molar-refractivity contribution is 0.641. The number of nitrogens with one attached hydrogen (secondary N) is 1. The molecule has 0 spiro atoms. The molecule has 0 atom stereocenters. The number of hydrogen-bond donors (Lipinski definition) is 1. The average Bonchev–Trinajstić information content (AvgIpc) is 2.70. The SMILES string of the molecule is Cc1cc(N2CCN(c3ccccn3)CC2)nc(Nc2ccc(Cl)cc2)n1. The normalized spacial score (nSPS) is 14.3. The zero-order valence-corrected chi connectivity index (χ0v) is 15.9. The lowest BCUT2D eigenvalue weighted by atomic mass is 10.3. The quantitative estimate of drug-likeness (QED) is 0.740. The van der Waals surface area contributed by atoms with Crippen LogP contribution in [0.2, 0.25) is 5.02 Å². The highest BCUT2D eigenvalue weighted by molar-refractivity contribution is 6.30. The van der Waals surface area contributed by atoms with Gasteiger partial charge in [-0.2, -0.15) is 4.98 Å². The van der Waals surface area contributed by atoms with Gasteiger partial charge in [0, 0.05) is 54.8 Å². The first-order chi connectivity index (χ1) is 13.2. The summed E-state index contributed by atoms with van der Waals surface area (Å²) in [5.74, 6) is 2.57. The lowest BCUT2D eigenvalue weighted by Gasteiger charge is -2.36. The van der Waals surface area contributed by atoms with Crippen molar-refractivity contribution in [3.63, 3.8) is 0 Å². The van der Waals surface area contributed by atoms with Crippen molar-refractivity contribution in [2.45, 2.75) is 6.92 Å². The molecule has 0 unspecified atom stereocenters. The third-order valence-corrected chi connectivity index (χ3v) is 4.77. The maximum Gasteiger partial charge on any atom is 0.229 e. The van der Waals surface area contributed by atoms with Gasteiger partial charge in [-0.25, -0.2) is 9.97 Å². The van der Waals surface area contributed by atoms with E-state index in [1.165, 1.54) is 0 Å². The van der Waals surface area contributed by atoms with Gasteiger partial charge in [0.05, 0.1) is 0 Å². The fourth-order valence-corrected chi connectivity index (χ4v) is 3.26. The summed E-state index contributed by atoms with van der Waals surface area (Å²) in [6.45, 7) is 5.61. The maximum absolute atomic E-state index is 5.95. The Kier molecular flexibility index (Phi) is 5.07. The van der Waals surface area contributed by atoms with Crippen molar-refractivity contribution in [2.75, 3.05) is 41.3 Å². The van der Waals surface area contributed by atoms with Crippen LogP contribution in [0.1, 0.15) is 5.69 Å². The van der Waals surface area contributed by atoms with Crippen LogP contribution in [0.3, 0.4) is 0 Å². The second-order valence-electron chi connectivity index (χ2n) is 6.49. The number of pyridine rings is 1. The minimum atomic E-state index is 0.597. The molecule has 1 aliphatic rings. The predicted octanol–water partition coefficient (Wildman–Crippen LogP) is 3.90. The van der Waals surface area contributed by atoms with E-state index >= 15 is 0 Å². The Morgan fingerprint density at radius 2 is 1.59 bits per heavy atom. The summed E-state index contributed by atoms with van der Waals surface area (Å²) in [6.07, 6.45) is 1.84. The zero-order chi connectivity index (χ0) is 18.6. The third kappa shape index (κ3) is 4.28. The second-order valence-corrected chi connectivity index (χ2v) is 6.92. The number of aryl methyl sites for hydroxylation is 1. The molecule has 0 bridgehead atoms. The van der Waals surface area contributed by atoms with Gasteiger partial charge in [0.15, 0.2) is 0 Å². The highest BCUT2D eigenvalue weighted by Crippen LogP contribution is 2.22. The summed E-state index contributed by atoms with van der Waals surface area (Å²) < 4.78 is 0. The Labute approximate surface area is 163 Å². The smallest absolute Gasteiger partial charge is 0.229 e. The number of benzene rings is 1. The van der Waals surface area contributed by atoms with Crippen LogP contribution in [0.15, 0.2) is 54.7 Å². The van der Waals surface area contributed by atoms with E-state index in [9.17, 15) is 0 Å². The molecule has 1 fully saturated rings. The van der Waals surface area contributed by atoms with Crippen molar-refractivity contribution in [3.8, 4) is 0 Å². The fraction of sp³-hybridized carbons (Fsp3) is 0.250. The van der Waals surface area contributed by atoms with Gasteiger partial charge >= 0.3 is 0 Å². The molecule has 0 aliphatic carbocycles. The van der Waals surface area contributed by atoms with Crippen molar-refractivity contribution in [1.29, 1.82) is 0 Å². The fourth-order valence-electron chi connectivity index (χ4n) is 3.14. The molecular formula is C20H21ClN6. The van der Waals surface area contributed by atoms with Crippen molar-refractivity contribution in [3.05, 3.63) is 65.4 Å². The van der Waals surface area contributed by atoms with Gasteiger partial charge in [-0.3, -0.25) is 0 Å². The predicted molar refractivity (Wildman–Crippen MR) is 110 cm³/mol. The topological polar surface area (TPSA) is 57.2 Å². The van der Waals surface area contributed by atoms with Crippen molar-refractivity contribution >= 4 is 34.9 Å². The summed E-state index contributed by atoms with van der Waals surface area (Å²) in [7, 11) is 0. The molecule has 1 aliphatic heterocycles. The number of nitrogens with zero attached hydrogens (tertiary/aromatic N) is 5. The average molecular weight is 381 g/mol. The summed E-state index contributed by atoms with van der Waals surface area (Å²) in [5.41, 5.74) is 1.85. The van der Waals surface area contributed by atoms with Crippen LogP contribution >= 0.6 is 11.6 Å². The Morgan fingerprint density at radius 1 is 0.889 bits per heavy atom. The van der Waals surface area contributed by atoms with Crippen molar-refractivity contribution in [1.82, 2.24) is 15.0 Å². The number of aromatic nitrogens is 3. The standard InChI is InChI=1S/C20H21ClN6/c1-15-14-19(25-20(23-15)24-17-7-5-16(21)6-8-17)27-12-10-26(11-13-27)18-4-2-3-9-22-18/h2-9,14H,10-13H2,1H3,(H,23,24,25). The second kappa shape index (κ2) is 7.80. The molecule has 1 aromatic carbocycles. The van der Waals surface area contributed by atoms with Gasteiger partial charge in [0.1, 0.15) is 11.6 Å². The summed E-state index contributed by atoms with van der Waals surface area (Å²) in [4.78, 5) is 18.3. The number of hydrogen-bond acceptors (Lipinski definition) is 6. The van der Waals surface area contributed by atoms with E-state index in [1.54, 1.807) is 0 Å². The van der Waals surface area contributed by atoms with Crippen LogP contribution in [-0.2, 0) is 0 Å². The van der Waals surface area contributed by atoms with Crippen molar-refractivity contribution in [2.24, 2.45) is 0 Å². The molecule has 3 aromatic rings. The highest BCUT2D eigenvalue weighted by Gasteiger charge is 2.19. The molecule has 3 heterocycles. The van der Waals surface area contributed by atoms with Gasteiger partial charge in [-0.1, -0.05) is 17.7 Å². The van der Waals surface area contributed by atoms with Gasteiger partial charge in [-0.05, 0) is 43.3 Å². The molecule has 2 aromatic heterocycles. The van der Waals surface area contributed by atoms with Gasteiger partial charge in [0.2, 0.25) is 5.95 Å². The highest BCUT2D eigenvalue weighted by atomic mass is 35.5. The van der Waals surface area contributed by atoms with E-state index < -0.39 is 0 Å². The van der Waals surface area contributed by atoms with E-state index in [-0.39, 0.29) is 0 Å². The van der Waals surface area contributed by atoms with Crippen LogP contribution in [-0.4, -0.2) is 41.1 Å². The van der Waals surface area contributed by atoms with E-state index in [2.05, 4.69) is 31.2 Å². The number of piperazine rings is 1. The van der Waals surface area contributed by atoms with Crippen LogP contribution in [0.4, 0.5) is 23.3 Å². The van der Waals surface area contributed by atoms with Gasteiger partial charge < -0.3 is 15.1 Å². The van der Waals surface area contributed by atoms with Crippen LogP contribution in [0, 0.1) is 6.92 Å². The summed E-state index contributed by atoms with van der Waals surface area (Å²) in [6, 6.07) is 15.6. The monoisotopic (exact) mass is 380 g/mol. The summed E-state index contributed by atoms with van der Waals surface area (Å²) >= 11 is 5.95. The number of anilines is 4. The molecule has 0 radical (unpaired) electrons. The maximum atomic E-state index is 5.95. The molecule has 1 saturated heterocycles. The Morgan fingerprint density at radius 3 is 2.26 bits per heavy atom. The first-order valence-corrected chi connectivity index (χ1v) is 9.34. The molecule has 6 nitrogen and oxygen atoms in total. The largest absolute Gasteiger partial charge is 0.353 e. The van der Waals surface area contributed by atoms with E-state index in [4.69, 9.17) is 16.6 Å². The molecule has 1 N–H and O–H groups in total. The molecule has 0 saturated carbocycles. The Balaban J connectivity index is 1.46. The van der Waals surface area contributed by atoms with E-state index in [0.29, 0.717) is 11.0 Å². The Bertz CT molecular complexity index is 892. The van der Waals surface area contributed by atoms with E-state index in [1.807, 2.05) is 55.6 Å². The minimum absolute atomic E-state index is 0.597. The van der Waals surface area contributed by atoms with Gasteiger partial charge in [-0.15, -0.1) is 0 Å². The minimum Gasteiger partial charge on any atom is -0.353 e. The van der Waals surface area contributed by atoms with Crippen LogP contribution < -0.4 is 15.1 Å². The Hall–Kier alpha value is -2.86. The molecule has 7 heteroatoms. The molecule has 0 amide bonds. The molecule has 27 heavy (non-hydrogen) atoms. The molecule has 138 valence electrons. The van der Waals surface area contributed by atoms with Crippen LogP contribution in [0.25, 0.3) is 0 Å². The zero-order valence-electron chi connectivity index (χ0n) is 15.1. The van der Waals surface area contributed by atoms with Crippen LogP contribution in [0.5, 0.6) is 0 Å². The first-order valence-electron chi connectivity index (χ1n) is 8.96. The van der Waals surface area contributed by atoms with Crippen molar-refractivity contribution < 1.29 is 0 Å². The summed E-state index contributed by atoms with van der Waals surface area (Å²) in [5, 5.41) is 3.96. The number of rotatable bonds is 4. The molecule has 4 rings (SSSR count). The molecular weight excluding hydrogens is 360 g/mol. The van der Waals surface area contributed by atoms with Gasteiger partial charge in [0.25, 0.3) is 0 Å². The third-order valence-electron chi connectivity index (χ3n) is 4.52. The lowest BCUT2D eigenvalue weighted by Crippen LogP contribution is -2.47. The number of halogens is 1. The first kappa shape index (κ1) is 17.5.